The second-order valence-corrected chi connectivity index (χ2v) is 7.06. The summed E-state index contributed by atoms with van der Waals surface area (Å²) in [5, 5.41) is 10.6. The summed E-state index contributed by atoms with van der Waals surface area (Å²) < 4.78 is 0. The first kappa shape index (κ1) is 18.2. The third-order valence-electron chi connectivity index (χ3n) is 3.90. The number of aromatic nitrogens is 3. The molecule has 0 aliphatic carbocycles. The molecular weight excluding hydrogens is 344 g/mol. The number of anilines is 1. The molecule has 0 fully saturated rings. The molecule has 1 heterocycles. The monoisotopic (exact) mass is 366 g/mol. The number of thioether (sulfide) groups is 1. The third-order valence-corrected chi connectivity index (χ3v) is 4.75. The lowest BCUT2D eigenvalue weighted by atomic mass is 10.1. The molecule has 0 unspecified atom stereocenters. The topological polar surface area (TPSA) is 70.7 Å². The van der Waals surface area contributed by atoms with Gasteiger partial charge in [0.1, 0.15) is 0 Å². The first-order valence-corrected chi connectivity index (χ1v) is 9.63. The summed E-state index contributed by atoms with van der Waals surface area (Å²) in [4.78, 5) is 16.6. The van der Waals surface area contributed by atoms with Crippen LogP contribution in [0.1, 0.15) is 24.5 Å². The summed E-state index contributed by atoms with van der Waals surface area (Å²) in [7, 11) is 0. The molecule has 0 aliphatic heterocycles. The zero-order chi connectivity index (χ0) is 18.4. The number of nitrogens with zero attached hydrogens (tertiary/aromatic N) is 2. The number of H-pyrrole nitrogens is 1. The number of hydrogen-bond acceptors (Lipinski definition) is 4. The summed E-state index contributed by atoms with van der Waals surface area (Å²) in [6.45, 7) is 4.20. The number of aromatic amines is 1. The van der Waals surface area contributed by atoms with Gasteiger partial charge in [-0.25, -0.2) is 4.98 Å². The third kappa shape index (κ3) is 4.95. The van der Waals surface area contributed by atoms with Crippen molar-refractivity contribution >= 4 is 23.4 Å². The van der Waals surface area contributed by atoms with Gasteiger partial charge in [-0.15, -0.1) is 5.10 Å². The van der Waals surface area contributed by atoms with Crippen molar-refractivity contribution in [3.63, 3.8) is 0 Å². The molecule has 0 saturated carbocycles. The first-order valence-electron chi connectivity index (χ1n) is 8.65. The van der Waals surface area contributed by atoms with Crippen molar-refractivity contribution in [1.82, 2.24) is 15.2 Å². The van der Waals surface area contributed by atoms with Crippen LogP contribution in [0.15, 0.2) is 53.7 Å². The molecule has 1 aromatic heterocycles. The Labute approximate surface area is 157 Å². The fourth-order valence-corrected chi connectivity index (χ4v) is 3.12. The van der Waals surface area contributed by atoms with Crippen LogP contribution < -0.4 is 5.32 Å². The predicted octanol–water partition coefficient (Wildman–Crippen LogP) is 4.46. The fraction of sp³-hybridized carbons (Fsp3) is 0.250. The standard InChI is InChI=1S/C20H22N4OS/c1-3-4-15-7-11-17(12-8-15)21-18(25)13-26-20-22-19(23-24-20)16-9-5-14(2)6-10-16/h5-12H,3-4,13H2,1-2H3,(H,21,25)(H,22,23,24). The lowest BCUT2D eigenvalue weighted by Crippen LogP contribution is -2.14. The Hall–Kier alpha value is -2.60. The van der Waals surface area contributed by atoms with Crippen LogP contribution in [-0.4, -0.2) is 26.8 Å². The smallest absolute Gasteiger partial charge is 0.234 e. The van der Waals surface area contributed by atoms with E-state index in [0.29, 0.717) is 11.0 Å². The highest BCUT2D eigenvalue weighted by Crippen LogP contribution is 2.20. The molecule has 5 nitrogen and oxygen atoms in total. The van der Waals surface area contributed by atoms with E-state index < -0.39 is 0 Å². The molecule has 0 spiro atoms. The van der Waals surface area contributed by atoms with Crippen LogP contribution in [0.2, 0.25) is 0 Å². The Balaban J connectivity index is 1.52. The van der Waals surface area contributed by atoms with E-state index in [0.717, 1.165) is 24.1 Å². The van der Waals surface area contributed by atoms with Crippen molar-refractivity contribution in [3.05, 3.63) is 59.7 Å². The van der Waals surface area contributed by atoms with E-state index in [2.05, 4.69) is 39.6 Å². The van der Waals surface area contributed by atoms with E-state index in [1.165, 1.54) is 22.9 Å². The quantitative estimate of drug-likeness (QED) is 0.606. The Bertz CT molecular complexity index is 856. The van der Waals surface area contributed by atoms with Gasteiger partial charge in [-0.1, -0.05) is 67.1 Å². The van der Waals surface area contributed by atoms with Gasteiger partial charge in [-0.2, -0.15) is 0 Å². The number of benzene rings is 2. The molecule has 3 aromatic rings. The zero-order valence-corrected chi connectivity index (χ0v) is 15.8. The van der Waals surface area contributed by atoms with Gasteiger partial charge >= 0.3 is 0 Å². The fourth-order valence-electron chi connectivity index (χ4n) is 2.52. The zero-order valence-electron chi connectivity index (χ0n) is 15.0. The van der Waals surface area contributed by atoms with E-state index in [-0.39, 0.29) is 11.7 Å². The minimum Gasteiger partial charge on any atom is -0.325 e. The molecule has 26 heavy (non-hydrogen) atoms. The molecule has 0 radical (unpaired) electrons. The van der Waals surface area contributed by atoms with E-state index >= 15 is 0 Å². The van der Waals surface area contributed by atoms with Gasteiger partial charge in [0.25, 0.3) is 0 Å². The average molecular weight is 366 g/mol. The van der Waals surface area contributed by atoms with E-state index in [1.54, 1.807) is 0 Å². The summed E-state index contributed by atoms with van der Waals surface area (Å²) in [5.74, 6) is 0.904. The number of rotatable bonds is 7. The first-order chi connectivity index (χ1) is 12.6. The van der Waals surface area contributed by atoms with Crippen LogP contribution in [0.4, 0.5) is 5.69 Å². The van der Waals surface area contributed by atoms with Crippen LogP contribution in [0.5, 0.6) is 0 Å². The number of aryl methyl sites for hydroxylation is 2. The highest BCUT2D eigenvalue weighted by Gasteiger charge is 2.09. The van der Waals surface area contributed by atoms with Crippen molar-refractivity contribution < 1.29 is 4.79 Å². The van der Waals surface area contributed by atoms with Gasteiger partial charge < -0.3 is 5.32 Å². The minimum atomic E-state index is -0.0695. The highest BCUT2D eigenvalue weighted by atomic mass is 32.2. The van der Waals surface area contributed by atoms with Crippen LogP contribution in [0.25, 0.3) is 11.4 Å². The molecule has 1 amide bonds. The summed E-state index contributed by atoms with van der Waals surface area (Å²) in [6, 6.07) is 16.0. The summed E-state index contributed by atoms with van der Waals surface area (Å²) >= 11 is 1.31. The van der Waals surface area contributed by atoms with Crippen molar-refractivity contribution in [2.75, 3.05) is 11.1 Å². The molecule has 134 valence electrons. The van der Waals surface area contributed by atoms with Gasteiger partial charge in [0, 0.05) is 11.3 Å². The normalized spacial score (nSPS) is 10.7. The molecule has 2 aromatic carbocycles. The van der Waals surface area contributed by atoms with E-state index in [9.17, 15) is 4.79 Å². The maximum atomic E-state index is 12.1. The molecule has 0 bridgehead atoms. The van der Waals surface area contributed by atoms with Crippen molar-refractivity contribution in [1.29, 1.82) is 0 Å². The number of carbonyl (C=O) groups is 1. The maximum Gasteiger partial charge on any atom is 0.234 e. The number of amides is 1. The molecule has 6 heteroatoms. The Kier molecular flexibility index (Phi) is 6.07. The Morgan fingerprint density at radius 3 is 2.54 bits per heavy atom. The molecule has 0 aliphatic rings. The second kappa shape index (κ2) is 8.67. The Morgan fingerprint density at radius 2 is 1.85 bits per heavy atom. The van der Waals surface area contributed by atoms with E-state index in [4.69, 9.17) is 0 Å². The maximum absolute atomic E-state index is 12.1. The van der Waals surface area contributed by atoms with E-state index in [1.807, 2.05) is 43.3 Å². The van der Waals surface area contributed by atoms with Crippen molar-refractivity contribution in [2.24, 2.45) is 0 Å². The van der Waals surface area contributed by atoms with Crippen molar-refractivity contribution in [3.8, 4) is 11.4 Å². The number of carbonyl (C=O) groups excluding carboxylic acids is 1. The molecule has 0 atom stereocenters. The van der Waals surface area contributed by atoms with Gasteiger partial charge in [0.15, 0.2) is 5.82 Å². The lowest BCUT2D eigenvalue weighted by molar-refractivity contribution is -0.113. The second-order valence-electron chi connectivity index (χ2n) is 6.12. The molecule has 3 rings (SSSR count). The summed E-state index contributed by atoms with van der Waals surface area (Å²) in [5.41, 5.74) is 4.27. The lowest BCUT2D eigenvalue weighted by Gasteiger charge is -2.05. The molecular formula is C20H22N4OS. The predicted molar refractivity (Wildman–Crippen MR) is 106 cm³/mol. The molecule has 2 N–H and O–H groups in total. The largest absolute Gasteiger partial charge is 0.325 e. The number of hydrogen-bond donors (Lipinski definition) is 2. The van der Waals surface area contributed by atoms with Gasteiger partial charge in [-0.05, 0) is 31.0 Å². The summed E-state index contributed by atoms with van der Waals surface area (Å²) in [6.07, 6.45) is 2.17. The van der Waals surface area contributed by atoms with Crippen LogP contribution in [0.3, 0.4) is 0 Å². The highest BCUT2D eigenvalue weighted by molar-refractivity contribution is 7.99. The molecule has 0 saturated heterocycles. The average Bonchev–Trinajstić information content (AvgIpc) is 3.11. The van der Waals surface area contributed by atoms with Crippen molar-refractivity contribution in [2.45, 2.75) is 31.8 Å². The van der Waals surface area contributed by atoms with Gasteiger partial charge in [-0.3, -0.25) is 9.89 Å². The van der Waals surface area contributed by atoms with Crippen LogP contribution in [-0.2, 0) is 11.2 Å². The SMILES string of the molecule is CCCc1ccc(NC(=O)CSc2n[nH]c(-c3ccc(C)cc3)n2)cc1. The van der Waals surface area contributed by atoms with Gasteiger partial charge in [0.2, 0.25) is 11.1 Å². The minimum absolute atomic E-state index is 0.0695. The Morgan fingerprint density at radius 1 is 1.12 bits per heavy atom. The van der Waals surface area contributed by atoms with Crippen LogP contribution in [0, 0.1) is 6.92 Å². The van der Waals surface area contributed by atoms with Gasteiger partial charge in [0.05, 0.1) is 5.75 Å². The number of nitrogens with one attached hydrogen (secondary N) is 2. The van der Waals surface area contributed by atoms with Crippen LogP contribution >= 0.6 is 11.8 Å².